The Morgan fingerprint density at radius 2 is 1.93 bits per heavy atom. The minimum Gasteiger partial charge on any atom is -0.494 e. The smallest absolute Gasteiger partial charge is 0.290 e. The summed E-state index contributed by atoms with van der Waals surface area (Å²) in [4.78, 5) is 36.9. The maximum Gasteiger partial charge on any atom is 0.290 e. The van der Waals surface area contributed by atoms with Gasteiger partial charge in [0.2, 0.25) is 5.88 Å². The van der Waals surface area contributed by atoms with Gasteiger partial charge in [-0.05, 0) is 55.7 Å². The van der Waals surface area contributed by atoms with E-state index in [4.69, 9.17) is 11.6 Å². The molecule has 0 bridgehead atoms. The van der Waals surface area contributed by atoms with E-state index in [0.29, 0.717) is 24.5 Å². The highest BCUT2D eigenvalue weighted by Crippen LogP contribution is 2.35. The number of aromatic nitrogens is 5. The number of halogens is 3. The minimum absolute atomic E-state index is 0.0209. The van der Waals surface area contributed by atoms with Crippen LogP contribution in [-0.4, -0.2) is 53.3 Å². The Morgan fingerprint density at radius 1 is 1.18 bits per heavy atom. The molecule has 4 heterocycles. The molecule has 3 aromatic heterocycles. The number of aryl methyl sites for hydroxylation is 1. The minimum atomic E-state index is -0.923. The molecule has 0 radical (unpaired) electrons. The van der Waals surface area contributed by atoms with Gasteiger partial charge >= 0.3 is 0 Å². The summed E-state index contributed by atoms with van der Waals surface area (Å²) in [5.74, 6) is -3.02. The number of nitrogens with zero attached hydrogens (tertiary/aromatic N) is 6. The van der Waals surface area contributed by atoms with Gasteiger partial charge in [0.25, 0.3) is 11.5 Å². The molecule has 1 aliphatic rings. The fourth-order valence-corrected chi connectivity index (χ4v) is 5.26. The zero-order chi connectivity index (χ0) is 28.6. The Hall–Kier alpha value is -4.12. The van der Waals surface area contributed by atoms with Crippen molar-refractivity contribution in [3.05, 3.63) is 92.6 Å². The van der Waals surface area contributed by atoms with Crippen molar-refractivity contribution in [1.82, 2.24) is 29.2 Å². The number of benzene rings is 1. The predicted octanol–water partition coefficient (Wildman–Crippen LogP) is 4.79. The molecule has 1 aliphatic heterocycles. The number of amides is 1. The molecule has 208 valence electrons. The second kappa shape index (κ2) is 11.2. The monoisotopic (exact) mass is 568 g/mol. The molecular weight excluding hydrogens is 542 g/mol. The Morgan fingerprint density at radius 3 is 2.55 bits per heavy atom. The summed E-state index contributed by atoms with van der Waals surface area (Å²) in [6.45, 7) is 4.79. The fraction of sp³-hybridized carbons (Fsp3) is 0.321. The zero-order valence-corrected chi connectivity index (χ0v) is 22.6. The second-order valence-corrected chi connectivity index (χ2v) is 10.1. The van der Waals surface area contributed by atoms with Gasteiger partial charge in [0.15, 0.2) is 11.4 Å². The van der Waals surface area contributed by atoms with Gasteiger partial charge < -0.3 is 10.0 Å². The van der Waals surface area contributed by atoms with E-state index in [9.17, 15) is 23.5 Å². The first kappa shape index (κ1) is 27.4. The summed E-state index contributed by atoms with van der Waals surface area (Å²) in [6, 6.07) is 7.31. The molecule has 2 atom stereocenters. The van der Waals surface area contributed by atoms with Crippen LogP contribution < -0.4 is 5.56 Å². The fourth-order valence-electron chi connectivity index (χ4n) is 5.15. The van der Waals surface area contributed by atoms with Crippen molar-refractivity contribution in [3.8, 4) is 17.4 Å². The van der Waals surface area contributed by atoms with Crippen LogP contribution in [0.15, 0.2) is 53.6 Å². The first-order chi connectivity index (χ1) is 19.2. The van der Waals surface area contributed by atoms with E-state index in [1.54, 1.807) is 36.0 Å². The van der Waals surface area contributed by atoms with Crippen molar-refractivity contribution in [2.45, 2.75) is 45.2 Å². The molecule has 9 nitrogen and oxygen atoms in total. The summed E-state index contributed by atoms with van der Waals surface area (Å²) in [5, 5.41) is 16.5. The van der Waals surface area contributed by atoms with Gasteiger partial charge in [-0.2, -0.15) is 10.1 Å². The number of hydrogen-bond acceptors (Lipinski definition) is 6. The normalized spacial score (nSPS) is 15.9. The lowest BCUT2D eigenvalue weighted by molar-refractivity contribution is 0.0783. The number of likely N-dealkylation sites (tertiary alicyclic amines) is 1. The molecular formula is C28H27ClF2N6O3. The molecule has 0 aliphatic carbocycles. The number of hydrogen-bond donors (Lipinski definition) is 1. The summed E-state index contributed by atoms with van der Waals surface area (Å²) in [6.07, 6.45) is 4.08. The van der Waals surface area contributed by atoms with Gasteiger partial charge in [-0.1, -0.05) is 18.5 Å². The van der Waals surface area contributed by atoms with Crippen LogP contribution in [0.3, 0.4) is 0 Å². The van der Waals surface area contributed by atoms with Gasteiger partial charge in [0.05, 0.1) is 11.1 Å². The van der Waals surface area contributed by atoms with Crippen LogP contribution in [0.2, 0.25) is 5.02 Å². The largest absolute Gasteiger partial charge is 0.494 e. The third kappa shape index (κ3) is 5.21. The van der Waals surface area contributed by atoms with Gasteiger partial charge in [0, 0.05) is 49.7 Å². The van der Waals surface area contributed by atoms with Crippen LogP contribution in [0.25, 0.3) is 11.5 Å². The maximum atomic E-state index is 14.2. The van der Waals surface area contributed by atoms with E-state index in [1.165, 1.54) is 15.7 Å². The average Bonchev–Trinajstić information content (AvgIpc) is 3.60. The highest BCUT2D eigenvalue weighted by atomic mass is 35.5. The molecule has 1 fully saturated rings. The number of pyridine rings is 1. The molecule has 1 aromatic carbocycles. The van der Waals surface area contributed by atoms with Gasteiger partial charge in [-0.3, -0.25) is 23.8 Å². The Balaban J connectivity index is 1.60. The third-order valence-electron chi connectivity index (χ3n) is 7.12. The van der Waals surface area contributed by atoms with E-state index < -0.39 is 40.6 Å². The molecule has 0 saturated carbocycles. The quantitative estimate of drug-likeness (QED) is 0.344. The highest BCUT2D eigenvalue weighted by molar-refractivity contribution is 6.30. The topological polar surface area (TPSA) is 106 Å². The predicted molar refractivity (Wildman–Crippen MR) is 144 cm³/mol. The zero-order valence-electron chi connectivity index (χ0n) is 21.9. The number of carbonyl (C=O) groups excluding carboxylic acids is 1. The van der Waals surface area contributed by atoms with Crippen LogP contribution in [0, 0.1) is 11.6 Å². The maximum absolute atomic E-state index is 14.2. The summed E-state index contributed by atoms with van der Waals surface area (Å²) in [7, 11) is 0. The van der Waals surface area contributed by atoms with Gasteiger partial charge in [-0.15, -0.1) is 0 Å². The van der Waals surface area contributed by atoms with Crippen LogP contribution in [-0.2, 0) is 6.54 Å². The van der Waals surface area contributed by atoms with Crippen molar-refractivity contribution in [2.75, 3.05) is 13.1 Å². The van der Waals surface area contributed by atoms with E-state index in [0.717, 1.165) is 23.9 Å². The van der Waals surface area contributed by atoms with Crippen molar-refractivity contribution in [2.24, 2.45) is 0 Å². The van der Waals surface area contributed by atoms with Gasteiger partial charge in [-0.25, -0.2) is 8.78 Å². The van der Waals surface area contributed by atoms with Crippen molar-refractivity contribution >= 4 is 17.5 Å². The van der Waals surface area contributed by atoms with Crippen LogP contribution in [0.1, 0.15) is 60.3 Å². The summed E-state index contributed by atoms with van der Waals surface area (Å²) in [5.41, 5.74) is -0.212. The molecule has 12 heteroatoms. The van der Waals surface area contributed by atoms with E-state index >= 15 is 0 Å². The first-order valence-electron chi connectivity index (χ1n) is 13.0. The molecule has 5 rings (SSSR count). The number of aromatic hydroxyl groups is 1. The highest BCUT2D eigenvalue weighted by Gasteiger charge is 2.34. The third-order valence-corrected chi connectivity index (χ3v) is 7.34. The lowest BCUT2D eigenvalue weighted by atomic mass is 10.0. The van der Waals surface area contributed by atoms with Crippen LogP contribution in [0.4, 0.5) is 8.78 Å². The first-order valence-corrected chi connectivity index (χ1v) is 13.3. The molecule has 4 aromatic rings. The number of carbonyl (C=O) groups is 1. The molecule has 1 saturated heterocycles. The lowest BCUT2D eigenvalue weighted by Crippen LogP contribution is -2.35. The lowest BCUT2D eigenvalue weighted by Gasteiger charge is -2.25. The van der Waals surface area contributed by atoms with E-state index in [2.05, 4.69) is 15.1 Å². The molecule has 1 N–H and O–H groups in total. The Kier molecular flexibility index (Phi) is 7.66. The molecule has 0 spiro atoms. The molecule has 40 heavy (non-hydrogen) atoms. The van der Waals surface area contributed by atoms with Crippen LogP contribution in [0.5, 0.6) is 5.88 Å². The Labute approximate surface area is 233 Å². The standard InChI is InChI=1S/C28H27ClF2N6O3/c1-3-23(17-11-19(30)13-20(31)12-17)37-25(22-8-10-36(4-2)34-22)33-26(38)24(28(37)40)27(39)35-9-7-16(15-35)21-6-5-18(29)14-32-21/h5-6,8,10-14,16,23,40H,3-4,7,9,15H2,1-2H3/t16?,23-/m0/s1. The number of rotatable bonds is 7. The second-order valence-electron chi connectivity index (χ2n) is 9.63. The van der Waals surface area contributed by atoms with Crippen LogP contribution >= 0.6 is 11.6 Å². The van der Waals surface area contributed by atoms with Crippen molar-refractivity contribution in [1.29, 1.82) is 0 Å². The SMILES string of the molecule is CC[C@@H](c1cc(F)cc(F)c1)n1c(-c2ccn(CC)n2)nc(=O)c(C(=O)N2CCC(c3ccc(Cl)cn3)C2)c1O. The summed E-state index contributed by atoms with van der Waals surface area (Å²) < 4.78 is 31.3. The molecule has 1 amide bonds. The average molecular weight is 569 g/mol. The van der Waals surface area contributed by atoms with E-state index in [-0.39, 0.29) is 36.0 Å². The molecule has 1 unspecified atom stereocenters. The van der Waals surface area contributed by atoms with Crippen molar-refractivity contribution < 1.29 is 18.7 Å². The van der Waals surface area contributed by atoms with E-state index in [1.807, 2.05) is 6.92 Å². The van der Waals surface area contributed by atoms with Gasteiger partial charge in [0.1, 0.15) is 17.3 Å². The van der Waals surface area contributed by atoms with Crippen molar-refractivity contribution in [3.63, 3.8) is 0 Å². The Bertz CT molecular complexity index is 1600. The summed E-state index contributed by atoms with van der Waals surface area (Å²) >= 11 is 5.95.